The minimum Gasteiger partial charge on any atom is -0.361 e. The van der Waals surface area contributed by atoms with Crippen LogP contribution in [0.2, 0.25) is 0 Å². The summed E-state index contributed by atoms with van der Waals surface area (Å²) in [7, 11) is 0. The predicted octanol–water partition coefficient (Wildman–Crippen LogP) is 2.83. The number of carbonyl (C=O) groups is 1. The number of anilines is 1. The van der Waals surface area contributed by atoms with Gasteiger partial charge in [-0.2, -0.15) is 5.26 Å². The van der Waals surface area contributed by atoms with Crippen LogP contribution in [-0.4, -0.2) is 52.7 Å². The van der Waals surface area contributed by atoms with Crippen LogP contribution in [-0.2, 0) is 15.1 Å². The maximum Gasteiger partial charge on any atom is 0.248 e. The van der Waals surface area contributed by atoms with Crippen LogP contribution in [0.3, 0.4) is 0 Å². The van der Waals surface area contributed by atoms with Crippen LogP contribution < -0.4 is 4.90 Å². The molecule has 1 aliphatic carbocycles. The Labute approximate surface area is 181 Å². The van der Waals surface area contributed by atoms with Gasteiger partial charge in [-0.05, 0) is 58.1 Å². The number of ether oxygens (including phenoxy) is 1. The van der Waals surface area contributed by atoms with Gasteiger partial charge in [0.25, 0.3) is 0 Å². The number of nitrogens with zero attached hydrogens (tertiary/aromatic N) is 5. The molecular formula is C23H27N5O3. The van der Waals surface area contributed by atoms with Crippen molar-refractivity contribution < 1.29 is 14.1 Å². The SMILES string of the molecule is Cc1noc(C)c1C1(OCC(=O)N2CC3CC[C@@H](C2)N3c2ccc(C#N)cn2)CCC1. The summed E-state index contributed by atoms with van der Waals surface area (Å²) in [5.41, 5.74) is 2.00. The highest BCUT2D eigenvalue weighted by atomic mass is 16.5. The van der Waals surface area contributed by atoms with E-state index in [2.05, 4.69) is 21.1 Å². The molecule has 2 aromatic rings. The Bertz CT molecular complexity index is 987. The number of piperazine rings is 1. The minimum absolute atomic E-state index is 0.0439. The van der Waals surface area contributed by atoms with Crippen LogP contribution >= 0.6 is 0 Å². The highest BCUT2D eigenvalue weighted by molar-refractivity contribution is 5.78. The molecule has 8 heteroatoms. The smallest absolute Gasteiger partial charge is 0.248 e. The number of carbonyl (C=O) groups excluding carboxylic acids is 1. The van der Waals surface area contributed by atoms with Gasteiger partial charge in [-0.1, -0.05) is 5.16 Å². The normalized spacial score (nSPS) is 24.0. The van der Waals surface area contributed by atoms with E-state index in [0.717, 1.165) is 54.9 Å². The summed E-state index contributed by atoms with van der Waals surface area (Å²) in [5.74, 6) is 1.72. The molecule has 1 amide bonds. The first-order valence-corrected chi connectivity index (χ1v) is 11.0. The van der Waals surface area contributed by atoms with Gasteiger partial charge in [0.1, 0.15) is 24.3 Å². The van der Waals surface area contributed by atoms with E-state index >= 15 is 0 Å². The van der Waals surface area contributed by atoms with E-state index in [0.29, 0.717) is 18.7 Å². The van der Waals surface area contributed by atoms with E-state index in [1.165, 1.54) is 0 Å². The van der Waals surface area contributed by atoms with Crippen molar-refractivity contribution in [2.75, 3.05) is 24.6 Å². The van der Waals surface area contributed by atoms with Crippen molar-refractivity contribution in [3.8, 4) is 6.07 Å². The second-order valence-electron chi connectivity index (χ2n) is 8.94. The van der Waals surface area contributed by atoms with Gasteiger partial charge in [0.15, 0.2) is 0 Å². The Balaban J connectivity index is 1.24. The lowest BCUT2D eigenvalue weighted by Gasteiger charge is -2.44. The summed E-state index contributed by atoms with van der Waals surface area (Å²) in [6.07, 6.45) is 6.57. The number of likely N-dealkylation sites (tertiary alicyclic amines) is 1. The standard InChI is InChI=1S/C23H27N5O3/c1-15-22(16(2)31-26-15)23(8-3-9-23)30-14-21(29)27-12-18-5-6-19(13-27)28(18)20-7-4-17(10-24)11-25-20/h4,7,11,18-19H,3,5-6,8-9,12-14H2,1-2H3/t18-,19?/m0/s1. The summed E-state index contributed by atoms with van der Waals surface area (Å²) < 4.78 is 11.6. The molecule has 162 valence electrons. The molecular weight excluding hydrogens is 394 g/mol. The lowest BCUT2D eigenvalue weighted by atomic mass is 9.74. The molecule has 1 saturated carbocycles. The summed E-state index contributed by atoms with van der Waals surface area (Å²) in [4.78, 5) is 21.8. The topological polar surface area (TPSA) is 95.5 Å². The van der Waals surface area contributed by atoms with Gasteiger partial charge in [-0.3, -0.25) is 4.79 Å². The number of nitriles is 1. The molecule has 2 atom stereocenters. The number of aromatic nitrogens is 2. The van der Waals surface area contributed by atoms with Crippen molar-refractivity contribution in [2.45, 2.75) is 63.6 Å². The maximum atomic E-state index is 13.1. The number of hydrogen-bond acceptors (Lipinski definition) is 7. The Kier molecular flexibility index (Phi) is 4.94. The van der Waals surface area contributed by atoms with Gasteiger partial charge < -0.3 is 19.1 Å². The van der Waals surface area contributed by atoms with Crippen molar-refractivity contribution in [1.82, 2.24) is 15.0 Å². The Hall–Kier alpha value is -2.92. The van der Waals surface area contributed by atoms with Crippen LogP contribution in [0.25, 0.3) is 0 Å². The monoisotopic (exact) mass is 421 g/mol. The number of amides is 1. The molecule has 31 heavy (non-hydrogen) atoms. The quantitative estimate of drug-likeness (QED) is 0.732. The molecule has 0 N–H and O–H groups in total. The Morgan fingerprint density at radius 2 is 2.03 bits per heavy atom. The van der Waals surface area contributed by atoms with Crippen molar-refractivity contribution in [2.24, 2.45) is 0 Å². The molecule has 3 aliphatic rings. The maximum absolute atomic E-state index is 13.1. The number of rotatable bonds is 5. The number of hydrogen-bond donors (Lipinski definition) is 0. The number of fused-ring (bicyclic) bond motifs is 2. The molecule has 4 heterocycles. The van der Waals surface area contributed by atoms with Crippen LogP contribution in [0, 0.1) is 25.2 Å². The van der Waals surface area contributed by atoms with E-state index in [9.17, 15) is 4.79 Å². The van der Waals surface area contributed by atoms with Gasteiger partial charge in [-0.15, -0.1) is 0 Å². The molecule has 3 fully saturated rings. The minimum atomic E-state index is -0.433. The second-order valence-corrected chi connectivity index (χ2v) is 8.94. The fourth-order valence-electron chi connectivity index (χ4n) is 5.47. The first-order valence-electron chi connectivity index (χ1n) is 11.0. The van der Waals surface area contributed by atoms with E-state index in [4.69, 9.17) is 14.5 Å². The van der Waals surface area contributed by atoms with E-state index in [1.807, 2.05) is 24.8 Å². The van der Waals surface area contributed by atoms with Crippen molar-refractivity contribution in [3.63, 3.8) is 0 Å². The average molecular weight is 422 g/mol. The summed E-state index contributed by atoms with van der Waals surface area (Å²) in [6, 6.07) is 6.34. The summed E-state index contributed by atoms with van der Waals surface area (Å²) in [5, 5.41) is 13.1. The lowest BCUT2D eigenvalue weighted by Crippen LogP contribution is -2.56. The van der Waals surface area contributed by atoms with Gasteiger partial charge in [0.2, 0.25) is 5.91 Å². The van der Waals surface area contributed by atoms with Gasteiger partial charge in [0.05, 0.1) is 16.9 Å². The molecule has 2 aliphatic heterocycles. The fourth-order valence-corrected chi connectivity index (χ4v) is 5.47. The van der Waals surface area contributed by atoms with E-state index < -0.39 is 5.60 Å². The Morgan fingerprint density at radius 1 is 1.29 bits per heavy atom. The van der Waals surface area contributed by atoms with Crippen molar-refractivity contribution in [3.05, 3.63) is 40.9 Å². The molecule has 2 bridgehead atoms. The molecule has 2 saturated heterocycles. The largest absolute Gasteiger partial charge is 0.361 e. The Morgan fingerprint density at radius 3 is 2.55 bits per heavy atom. The number of pyridine rings is 1. The third kappa shape index (κ3) is 3.37. The first kappa shape index (κ1) is 20.0. The molecule has 0 aromatic carbocycles. The van der Waals surface area contributed by atoms with E-state index in [1.54, 1.807) is 12.3 Å². The highest BCUT2D eigenvalue weighted by Gasteiger charge is 2.46. The second kappa shape index (κ2) is 7.65. The zero-order valence-corrected chi connectivity index (χ0v) is 18.0. The third-order valence-corrected chi connectivity index (χ3v) is 7.10. The summed E-state index contributed by atoms with van der Waals surface area (Å²) >= 11 is 0. The van der Waals surface area contributed by atoms with Gasteiger partial charge >= 0.3 is 0 Å². The zero-order valence-electron chi connectivity index (χ0n) is 18.0. The average Bonchev–Trinajstić information content (AvgIpc) is 3.22. The third-order valence-electron chi connectivity index (χ3n) is 7.10. The zero-order chi connectivity index (χ0) is 21.6. The molecule has 1 unspecified atom stereocenters. The van der Waals surface area contributed by atoms with Crippen LogP contribution in [0.4, 0.5) is 5.82 Å². The highest BCUT2D eigenvalue weighted by Crippen LogP contribution is 2.47. The van der Waals surface area contributed by atoms with E-state index in [-0.39, 0.29) is 24.6 Å². The molecule has 2 aromatic heterocycles. The molecule has 0 spiro atoms. The molecule has 5 rings (SSSR count). The van der Waals surface area contributed by atoms with Crippen LogP contribution in [0.5, 0.6) is 0 Å². The number of aryl methyl sites for hydroxylation is 2. The van der Waals surface area contributed by atoms with Crippen molar-refractivity contribution in [1.29, 1.82) is 5.26 Å². The van der Waals surface area contributed by atoms with Gasteiger partial charge in [-0.25, -0.2) is 4.98 Å². The van der Waals surface area contributed by atoms with Crippen LogP contribution in [0.15, 0.2) is 22.9 Å². The first-order chi connectivity index (χ1) is 15.0. The van der Waals surface area contributed by atoms with Crippen molar-refractivity contribution >= 4 is 11.7 Å². The van der Waals surface area contributed by atoms with Crippen LogP contribution in [0.1, 0.15) is 54.7 Å². The molecule has 0 radical (unpaired) electrons. The van der Waals surface area contributed by atoms with Gasteiger partial charge in [0, 0.05) is 36.9 Å². The lowest BCUT2D eigenvalue weighted by molar-refractivity contribution is -0.154. The fraction of sp³-hybridized carbons (Fsp3) is 0.565. The molecule has 8 nitrogen and oxygen atoms in total. The summed E-state index contributed by atoms with van der Waals surface area (Å²) in [6.45, 7) is 5.29. The predicted molar refractivity (Wildman–Crippen MR) is 112 cm³/mol.